The maximum Gasteiger partial charge on any atom is 0.0644 e. The van der Waals surface area contributed by atoms with E-state index in [9.17, 15) is 0 Å². The summed E-state index contributed by atoms with van der Waals surface area (Å²) in [5, 5.41) is 0.304. The van der Waals surface area contributed by atoms with Crippen LogP contribution < -0.4 is 0 Å². The zero-order valence-electron chi connectivity index (χ0n) is 6.86. The van der Waals surface area contributed by atoms with Crippen molar-refractivity contribution < 1.29 is 4.74 Å². The number of alkyl halides is 1. The van der Waals surface area contributed by atoms with Crippen LogP contribution in [0.4, 0.5) is 0 Å². The molecule has 0 radical (unpaired) electrons. The van der Waals surface area contributed by atoms with E-state index in [1.165, 1.54) is 0 Å². The average Bonchev–Trinajstić information content (AvgIpc) is 1.54. The maximum atomic E-state index is 6.02. The van der Waals surface area contributed by atoms with Crippen LogP contribution in [0.25, 0.3) is 0 Å². The van der Waals surface area contributed by atoms with E-state index in [1.807, 2.05) is 0 Å². The Labute approximate surface area is 67.7 Å². The second kappa shape index (κ2) is 2.71. The van der Waals surface area contributed by atoms with Crippen molar-refractivity contribution in [3.8, 4) is 0 Å². The molecule has 1 aliphatic rings. The summed E-state index contributed by atoms with van der Waals surface area (Å²) in [4.78, 5) is 0. The highest BCUT2D eigenvalue weighted by molar-refractivity contribution is 6.20. The predicted molar refractivity (Wildman–Crippen MR) is 43.5 cm³/mol. The highest BCUT2D eigenvalue weighted by atomic mass is 35.5. The van der Waals surface area contributed by atoms with Crippen molar-refractivity contribution in [3.63, 3.8) is 0 Å². The Morgan fingerprint density at radius 2 is 2.10 bits per heavy atom. The van der Waals surface area contributed by atoms with E-state index in [1.54, 1.807) is 0 Å². The van der Waals surface area contributed by atoms with Crippen molar-refractivity contribution in [2.24, 2.45) is 0 Å². The van der Waals surface area contributed by atoms with E-state index in [0.717, 1.165) is 12.8 Å². The zero-order valence-corrected chi connectivity index (χ0v) is 7.61. The molecule has 0 spiro atoms. The van der Waals surface area contributed by atoms with Gasteiger partial charge in [0.15, 0.2) is 0 Å². The molecule has 1 nitrogen and oxygen atoms in total. The maximum absolute atomic E-state index is 6.02. The molecule has 1 aliphatic heterocycles. The lowest BCUT2D eigenvalue weighted by atomic mass is 9.95. The SMILES string of the molecule is C[C@H]1C[C@@H](Cl)CC(C)(C)O1. The topological polar surface area (TPSA) is 9.23 Å². The minimum atomic E-state index is -0.00984. The van der Waals surface area contributed by atoms with Crippen LogP contribution in [-0.4, -0.2) is 17.1 Å². The van der Waals surface area contributed by atoms with Crippen LogP contribution in [0.2, 0.25) is 0 Å². The molecule has 60 valence electrons. The van der Waals surface area contributed by atoms with Crippen LogP contribution in [0.1, 0.15) is 33.6 Å². The largest absolute Gasteiger partial charge is 0.373 e. The standard InChI is InChI=1S/C8H15ClO/c1-6-4-7(9)5-8(2,3)10-6/h6-7H,4-5H2,1-3H3/t6-,7+/m0/s1. The van der Waals surface area contributed by atoms with E-state index in [0.29, 0.717) is 11.5 Å². The average molecular weight is 163 g/mol. The van der Waals surface area contributed by atoms with Crippen molar-refractivity contribution in [3.05, 3.63) is 0 Å². The smallest absolute Gasteiger partial charge is 0.0644 e. The number of hydrogen-bond acceptors (Lipinski definition) is 1. The Morgan fingerprint density at radius 3 is 2.50 bits per heavy atom. The molecule has 0 bridgehead atoms. The molecule has 0 N–H and O–H groups in total. The Morgan fingerprint density at radius 1 is 1.50 bits per heavy atom. The van der Waals surface area contributed by atoms with Crippen LogP contribution in [0.5, 0.6) is 0 Å². The van der Waals surface area contributed by atoms with E-state index in [-0.39, 0.29) is 5.60 Å². The summed E-state index contributed by atoms with van der Waals surface area (Å²) in [6.07, 6.45) is 2.29. The van der Waals surface area contributed by atoms with Gasteiger partial charge in [0.2, 0.25) is 0 Å². The Bertz CT molecular complexity index is 110. The Balaban J connectivity index is 2.51. The highest BCUT2D eigenvalue weighted by Gasteiger charge is 2.31. The first-order valence-electron chi connectivity index (χ1n) is 3.81. The van der Waals surface area contributed by atoms with E-state index in [2.05, 4.69) is 20.8 Å². The summed E-state index contributed by atoms with van der Waals surface area (Å²) in [7, 11) is 0. The van der Waals surface area contributed by atoms with Gasteiger partial charge >= 0.3 is 0 Å². The van der Waals surface area contributed by atoms with E-state index >= 15 is 0 Å². The summed E-state index contributed by atoms with van der Waals surface area (Å²) in [5.74, 6) is 0. The summed E-state index contributed by atoms with van der Waals surface area (Å²) in [5.41, 5.74) is -0.00984. The molecule has 0 aromatic carbocycles. The van der Waals surface area contributed by atoms with Crippen molar-refractivity contribution >= 4 is 11.6 Å². The third kappa shape index (κ3) is 2.14. The van der Waals surface area contributed by atoms with Gasteiger partial charge in [-0.3, -0.25) is 0 Å². The van der Waals surface area contributed by atoms with Crippen molar-refractivity contribution in [1.29, 1.82) is 0 Å². The molecule has 1 saturated heterocycles. The van der Waals surface area contributed by atoms with Gasteiger partial charge in [0, 0.05) is 5.38 Å². The van der Waals surface area contributed by atoms with Gasteiger partial charge in [-0.15, -0.1) is 11.6 Å². The van der Waals surface area contributed by atoms with Gasteiger partial charge in [-0.25, -0.2) is 0 Å². The molecule has 0 aliphatic carbocycles. The molecular formula is C8H15ClO. The van der Waals surface area contributed by atoms with Crippen molar-refractivity contribution in [2.45, 2.75) is 50.7 Å². The highest BCUT2D eigenvalue weighted by Crippen LogP contribution is 2.30. The van der Waals surface area contributed by atoms with Crippen LogP contribution in [0.3, 0.4) is 0 Å². The first kappa shape index (κ1) is 8.35. The van der Waals surface area contributed by atoms with Crippen LogP contribution in [0.15, 0.2) is 0 Å². The monoisotopic (exact) mass is 162 g/mol. The molecule has 0 aromatic rings. The molecule has 0 amide bonds. The van der Waals surface area contributed by atoms with Gasteiger partial charge in [-0.2, -0.15) is 0 Å². The van der Waals surface area contributed by atoms with Gasteiger partial charge in [-0.1, -0.05) is 0 Å². The summed E-state index contributed by atoms with van der Waals surface area (Å²) >= 11 is 6.02. The number of rotatable bonds is 0. The molecule has 10 heavy (non-hydrogen) atoms. The number of halogens is 1. The second-order valence-corrected chi connectivity index (χ2v) is 4.34. The third-order valence-electron chi connectivity index (χ3n) is 1.82. The molecule has 1 fully saturated rings. The molecular weight excluding hydrogens is 148 g/mol. The van der Waals surface area contributed by atoms with E-state index < -0.39 is 0 Å². The zero-order chi connectivity index (χ0) is 7.78. The number of ether oxygens (including phenoxy) is 1. The third-order valence-corrected chi connectivity index (χ3v) is 2.15. The molecule has 1 heterocycles. The Kier molecular flexibility index (Phi) is 2.26. The van der Waals surface area contributed by atoms with Crippen LogP contribution >= 0.6 is 11.6 Å². The van der Waals surface area contributed by atoms with Gasteiger partial charge in [-0.05, 0) is 33.6 Å². The van der Waals surface area contributed by atoms with Gasteiger partial charge in [0.1, 0.15) is 0 Å². The quantitative estimate of drug-likeness (QED) is 0.498. The molecule has 0 unspecified atom stereocenters. The summed E-state index contributed by atoms with van der Waals surface area (Å²) < 4.78 is 5.66. The molecule has 2 atom stereocenters. The number of hydrogen-bond donors (Lipinski definition) is 0. The molecule has 2 heteroatoms. The minimum Gasteiger partial charge on any atom is -0.373 e. The molecule has 0 aromatic heterocycles. The first-order chi connectivity index (χ1) is 4.49. The van der Waals surface area contributed by atoms with Crippen molar-refractivity contribution in [2.75, 3.05) is 0 Å². The fourth-order valence-electron chi connectivity index (χ4n) is 1.62. The molecule has 0 saturated carbocycles. The predicted octanol–water partition coefficient (Wildman–Crippen LogP) is 2.57. The molecule has 1 rings (SSSR count). The van der Waals surface area contributed by atoms with Gasteiger partial charge < -0.3 is 4.74 Å². The second-order valence-electron chi connectivity index (χ2n) is 3.73. The Hall–Kier alpha value is 0.250. The van der Waals surface area contributed by atoms with E-state index in [4.69, 9.17) is 16.3 Å². The fraction of sp³-hybridized carbons (Fsp3) is 1.00. The first-order valence-corrected chi connectivity index (χ1v) is 4.25. The lowest BCUT2D eigenvalue weighted by molar-refractivity contribution is -0.0962. The lowest BCUT2D eigenvalue weighted by Gasteiger charge is -2.36. The summed E-state index contributed by atoms with van der Waals surface area (Å²) in [6.45, 7) is 6.27. The van der Waals surface area contributed by atoms with Gasteiger partial charge in [0.05, 0.1) is 11.7 Å². The van der Waals surface area contributed by atoms with Crippen LogP contribution in [0, 0.1) is 0 Å². The van der Waals surface area contributed by atoms with Crippen molar-refractivity contribution in [1.82, 2.24) is 0 Å². The lowest BCUT2D eigenvalue weighted by Crippen LogP contribution is -2.38. The normalized spacial score (nSPS) is 39.6. The minimum absolute atomic E-state index is 0.00984. The van der Waals surface area contributed by atoms with Gasteiger partial charge in [0.25, 0.3) is 0 Å². The fourth-order valence-corrected chi connectivity index (χ4v) is 2.24. The summed E-state index contributed by atoms with van der Waals surface area (Å²) in [6, 6.07) is 0. The van der Waals surface area contributed by atoms with Crippen LogP contribution in [-0.2, 0) is 4.74 Å².